The third-order valence-corrected chi connectivity index (χ3v) is 3.85. The van der Waals surface area contributed by atoms with Crippen molar-refractivity contribution in [3.8, 4) is 0 Å². The Bertz CT molecular complexity index is 422. The molecule has 0 heterocycles. The van der Waals surface area contributed by atoms with Crippen molar-refractivity contribution in [3.05, 3.63) is 29.8 Å². The van der Waals surface area contributed by atoms with E-state index in [1.807, 2.05) is 24.3 Å². The summed E-state index contributed by atoms with van der Waals surface area (Å²) in [6, 6.07) is 7.77. The number of anilines is 1. The van der Waals surface area contributed by atoms with E-state index >= 15 is 0 Å². The van der Waals surface area contributed by atoms with Gasteiger partial charge in [-0.2, -0.15) is 0 Å². The molecular formula is C14H19NO2. The number of ketones is 1. The Hall–Kier alpha value is -1.35. The van der Waals surface area contributed by atoms with Crippen molar-refractivity contribution in [2.75, 3.05) is 5.32 Å². The van der Waals surface area contributed by atoms with E-state index in [2.05, 4.69) is 19.2 Å². The zero-order valence-corrected chi connectivity index (χ0v) is 10.5. The van der Waals surface area contributed by atoms with Gasteiger partial charge >= 0.3 is 0 Å². The molecule has 0 amide bonds. The lowest BCUT2D eigenvalue weighted by Gasteiger charge is -2.49. The van der Waals surface area contributed by atoms with Gasteiger partial charge in [0.1, 0.15) is 0 Å². The summed E-state index contributed by atoms with van der Waals surface area (Å²) in [4.78, 5) is 11.1. The smallest absolute Gasteiger partial charge is 0.159 e. The maximum absolute atomic E-state index is 11.1. The minimum Gasteiger partial charge on any atom is -0.392 e. The van der Waals surface area contributed by atoms with E-state index in [-0.39, 0.29) is 17.3 Å². The molecule has 0 aromatic heterocycles. The van der Waals surface area contributed by atoms with Gasteiger partial charge in [-0.15, -0.1) is 0 Å². The van der Waals surface area contributed by atoms with Gasteiger partial charge in [-0.1, -0.05) is 13.8 Å². The van der Waals surface area contributed by atoms with Gasteiger partial charge in [0.2, 0.25) is 0 Å². The molecule has 0 bridgehead atoms. The largest absolute Gasteiger partial charge is 0.392 e. The number of hydrogen-bond donors (Lipinski definition) is 2. The molecule has 0 saturated heterocycles. The molecule has 1 aromatic rings. The number of benzene rings is 1. The first kappa shape index (κ1) is 12.1. The molecule has 2 unspecified atom stereocenters. The van der Waals surface area contributed by atoms with Crippen LogP contribution < -0.4 is 5.32 Å². The molecule has 2 N–H and O–H groups in total. The van der Waals surface area contributed by atoms with Crippen molar-refractivity contribution in [2.24, 2.45) is 5.41 Å². The standard InChI is InChI=1S/C14H19NO2/c1-9(16)10-4-6-11(7-5-10)15-12-8-13(17)14(12,2)3/h4-7,12-13,15,17H,8H2,1-3H3. The van der Waals surface area contributed by atoms with E-state index in [0.717, 1.165) is 17.7 Å². The first-order valence-electron chi connectivity index (χ1n) is 5.97. The van der Waals surface area contributed by atoms with E-state index in [9.17, 15) is 9.90 Å². The first-order chi connectivity index (χ1) is 7.91. The fourth-order valence-corrected chi connectivity index (χ4v) is 2.15. The summed E-state index contributed by atoms with van der Waals surface area (Å²) in [5.41, 5.74) is 1.64. The van der Waals surface area contributed by atoms with Crippen molar-refractivity contribution in [1.82, 2.24) is 0 Å². The second-order valence-corrected chi connectivity index (χ2v) is 5.40. The van der Waals surface area contributed by atoms with E-state index in [1.165, 1.54) is 0 Å². The Balaban J connectivity index is 2.03. The molecular weight excluding hydrogens is 214 g/mol. The summed E-state index contributed by atoms with van der Waals surface area (Å²) in [6.07, 6.45) is 0.554. The molecule has 17 heavy (non-hydrogen) atoms. The van der Waals surface area contributed by atoms with Crippen molar-refractivity contribution in [2.45, 2.75) is 39.3 Å². The predicted octanol–water partition coefficient (Wildman–Crippen LogP) is 2.46. The topological polar surface area (TPSA) is 49.3 Å². The molecule has 1 fully saturated rings. The van der Waals surface area contributed by atoms with Crippen LogP contribution in [0.3, 0.4) is 0 Å². The minimum atomic E-state index is -0.225. The van der Waals surface area contributed by atoms with Crippen molar-refractivity contribution < 1.29 is 9.90 Å². The van der Waals surface area contributed by atoms with Crippen molar-refractivity contribution >= 4 is 11.5 Å². The monoisotopic (exact) mass is 233 g/mol. The summed E-state index contributed by atoms with van der Waals surface area (Å²) in [7, 11) is 0. The minimum absolute atomic E-state index is 0.0796. The SMILES string of the molecule is CC(=O)c1ccc(NC2CC(O)C2(C)C)cc1. The molecule has 3 heteroatoms. The molecule has 1 aliphatic carbocycles. The van der Waals surface area contributed by atoms with Crippen molar-refractivity contribution in [1.29, 1.82) is 0 Å². The fraction of sp³-hybridized carbons (Fsp3) is 0.500. The Morgan fingerprint density at radius 1 is 1.35 bits per heavy atom. The van der Waals surface area contributed by atoms with Gasteiger partial charge in [0.15, 0.2) is 5.78 Å². The third kappa shape index (κ3) is 2.20. The van der Waals surface area contributed by atoms with E-state index < -0.39 is 0 Å². The third-order valence-electron chi connectivity index (χ3n) is 3.85. The maximum atomic E-state index is 11.1. The quantitative estimate of drug-likeness (QED) is 0.788. The number of aliphatic hydroxyl groups excluding tert-OH is 1. The van der Waals surface area contributed by atoms with Crippen LogP contribution in [0.1, 0.15) is 37.6 Å². The highest BCUT2D eigenvalue weighted by molar-refractivity contribution is 5.94. The molecule has 1 aromatic carbocycles. The molecule has 0 radical (unpaired) electrons. The van der Waals surface area contributed by atoms with Gasteiger partial charge in [-0.25, -0.2) is 0 Å². The van der Waals surface area contributed by atoms with E-state index in [0.29, 0.717) is 6.04 Å². The molecule has 1 saturated carbocycles. The highest BCUT2D eigenvalue weighted by atomic mass is 16.3. The van der Waals surface area contributed by atoms with Crippen LogP contribution in [0.2, 0.25) is 0 Å². The summed E-state index contributed by atoms with van der Waals surface area (Å²) in [5.74, 6) is 0.0796. The predicted molar refractivity (Wildman–Crippen MR) is 68.3 cm³/mol. The van der Waals surface area contributed by atoms with Crippen molar-refractivity contribution in [3.63, 3.8) is 0 Å². The molecule has 0 aliphatic heterocycles. The number of hydrogen-bond acceptors (Lipinski definition) is 3. The lowest BCUT2D eigenvalue weighted by atomic mass is 9.64. The lowest BCUT2D eigenvalue weighted by Crippen LogP contribution is -2.56. The number of nitrogens with one attached hydrogen (secondary N) is 1. The van der Waals surface area contributed by atoms with E-state index in [1.54, 1.807) is 6.92 Å². The van der Waals surface area contributed by atoms with Gasteiger partial charge in [0.25, 0.3) is 0 Å². The highest BCUT2D eigenvalue weighted by Crippen LogP contribution is 2.42. The second-order valence-electron chi connectivity index (χ2n) is 5.40. The van der Waals surface area contributed by atoms with Gasteiger partial charge in [0.05, 0.1) is 6.10 Å². The van der Waals surface area contributed by atoms with Crippen LogP contribution in [0.5, 0.6) is 0 Å². The summed E-state index contributed by atoms with van der Waals surface area (Å²) >= 11 is 0. The molecule has 0 spiro atoms. The lowest BCUT2D eigenvalue weighted by molar-refractivity contribution is -0.0510. The van der Waals surface area contributed by atoms with Crippen LogP contribution in [0.15, 0.2) is 24.3 Å². The zero-order chi connectivity index (χ0) is 12.6. The Labute approximate surface area is 102 Å². The van der Waals surface area contributed by atoms with E-state index in [4.69, 9.17) is 0 Å². The van der Waals surface area contributed by atoms with Gasteiger partial charge in [-0.3, -0.25) is 4.79 Å². The van der Waals surface area contributed by atoms with Crippen LogP contribution in [0.4, 0.5) is 5.69 Å². The number of carbonyl (C=O) groups excluding carboxylic acids is 1. The fourth-order valence-electron chi connectivity index (χ4n) is 2.15. The maximum Gasteiger partial charge on any atom is 0.159 e. The Morgan fingerprint density at radius 3 is 2.35 bits per heavy atom. The van der Waals surface area contributed by atoms with Crippen LogP contribution in [-0.4, -0.2) is 23.0 Å². The van der Waals surface area contributed by atoms with Gasteiger partial charge in [0, 0.05) is 22.7 Å². The molecule has 2 rings (SSSR count). The second kappa shape index (κ2) is 4.15. The number of carbonyl (C=O) groups is 1. The van der Waals surface area contributed by atoms with Gasteiger partial charge < -0.3 is 10.4 Å². The summed E-state index contributed by atoms with van der Waals surface area (Å²) in [6.45, 7) is 5.68. The normalized spacial score (nSPS) is 26.1. The van der Waals surface area contributed by atoms with Gasteiger partial charge in [-0.05, 0) is 37.6 Å². The Kier molecular flexibility index (Phi) is 2.96. The van der Waals surface area contributed by atoms with Crippen LogP contribution in [0, 0.1) is 5.41 Å². The average Bonchev–Trinajstić information content (AvgIpc) is 2.29. The molecule has 2 atom stereocenters. The average molecular weight is 233 g/mol. The molecule has 92 valence electrons. The zero-order valence-electron chi connectivity index (χ0n) is 10.5. The number of rotatable bonds is 3. The van der Waals surface area contributed by atoms with Crippen LogP contribution in [0.25, 0.3) is 0 Å². The number of Topliss-reactive ketones (excluding diaryl/α,β-unsaturated/α-hetero) is 1. The molecule has 3 nitrogen and oxygen atoms in total. The highest BCUT2D eigenvalue weighted by Gasteiger charge is 2.47. The van der Waals surface area contributed by atoms with Crippen LogP contribution in [-0.2, 0) is 0 Å². The Morgan fingerprint density at radius 2 is 1.94 bits per heavy atom. The van der Waals surface area contributed by atoms with Crippen LogP contribution >= 0.6 is 0 Å². The summed E-state index contributed by atoms with van der Waals surface area (Å²) in [5, 5.41) is 13.1. The molecule has 1 aliphatic rings. The first-order valence-corrected chi connectivity index (χ1v) is 5.97. The summed E-state index contributed by atoms with van der Waals surface area (Å²) < 4.78 is 0. The number of aliphatic hydroxyl groups is 1.